The van der Waals surface area contributed by atoms with Gasteiger partial charge in [-0.05, 0) is 228 Å². The van der Waals surface area contributed by atoms with Crippen LogP contribution >= 0.6 is 0 Å². The Morgan fingerprint density at radius 1 is 0.266 bits per heavy atom. The fraction of sp³-hybridized carbons (Fsp3) is 0.368. The third kappa shape index (κ3) is 12.8. The molecule has 79 heavy (non-hydrogen) atoms. The maximum atomic E-state index is 2.48. The second-order valence-electron chi connectivity index (χ2n) is 27.9. The van der Waals surface area contributed by atoms with E-state index < -0.39 is 0 Å². The van der Waals surface area contributed by atoms with E-state index in [9.17, 15) is 0 Å². The monoisotopic (exact) mass is 1050 g/mol. The number of rotatable bonds is 13. The quantitative estimate of drug-likeness (QED) is 0.114. The molecular weight excluding hydrogens is 955 g/mol. The maximum absolute atomic E-state index is 2.48. The van der Waals surface area contributed by atoms with Crippen LogP contribution in [-0.4, -0.2) is 0 Å². The first-order valence-electron chi connectivity index (χ1n) is 29.0. The summed E-state index contributed by atoms with van der Waals surface area (Å²) >= 11 is 0. The molecule has 0 saturated carbocycles. The summed E-state index contributed by atoms with van der Waals surface area (Å²) in [5.74, 6) is 0. The van der Waals surface area contributed by atoms with Gasteiger partial charge in [-0.1, -0.05) is 187 Å². The Morgan fingerprint density at radius 2 is 0.494 bits per heavy atom. The molecule has 0 atom stereocenters. The Balaban J connectivity index is 1.13. The van der Waals surface area contributed by atoms with Crippen LogP contribution < -0.4 is 14.7 Å². The van der Waals surface area contributed by atoms with Crippen molar-refractivity contribution in [3.63, 3.8) is 0 Å². The van der Waals surface area contributed by atoms with Crippen molar-refractivity contribution in [2.45, 2.75) is 185 Å². The van der Waals surface area contributed by atoms with E-state index in [-0.39, 0.29) is 27.1 Å². The number of benzene rings is 8. The van der Waals surface area contributed by atoms with Crippen molar-refractivity contribution in [3.05, 3.63) is 230 Å². The Labute approximate surface area is 478 Å². The summed E-state index contributed by atoms with van der Waals surface area (Å²) in [5, 5.41) is 0. The normalized spacial score (nSPS) is 12.5. The van der Waals surface area contributed by atoms with Gasteiger partial charge in [0, 0.05) is 34.1 Å². The molecule has 412 valence electrons. The van der Waals surface area contributed by atoms with Crippen LogP contribution in [0.5, 0.6) is 0 Å². The highest BCUT2D eigenvalue weighted by Gasteiger charge is 2.28. The summed E-state index contributed by atoms with van der Waals surface area (Å²) < 4.78 is 0. The van der Waals surface area contributed by atoms with Crippen molar-refractivity contribution in [2.24, 2.45) is 0 Å². The molecule has 0 aliphatic heterocycles. The molecule has 8 aromatic carbocycles. The highest BCUT2D eigenvalue weighted by molar-refractivity contribution is 5.85. The lowest BCUT2D eigenvalue weighted by Gasteiger charge is -2.33. The zero-order valence-corrected chi connectivity index (χ0v) is 52.3. The number of anilines is 9. The van der Waals surface area contributed by atoms with Gasteiger partial charge < -0.3 is 14.7 Å². The summed E-state index contributed by atoms with van der Waals surface area (Å²) in [4.78, 5) is 7.40. The van der Waals surface area contributed by atoms with E-state index >= 15 is 0 Å². The predicted octanol–water partition coefficient (Wildman–Crippen LogP) is 22.4. The van der Waals surface area contributed by atoms with Gasteiger partial charge in [0.2, 0.25) is 0 Å². The van der Waals surface area contributed by atoms with E-state index in [1.807, 2.05) is 0 Å². The average Bonchev–Trinajstić information content (AvgIpc) is 3.53. The number of aryl methyl sites for hydroxylation is 8. The van der Waals surface area contributed by atoms with Crippen molar-refractivity contribution >= 4 is 51.2 Å². The Morgan fingerprint density at radius 3 is 0.759 bits per heavy atom. The van der Waals surface area contributed by atoms with Gasteiger partial charge in [-0.2, -0.15) is 0 Å². The second-order valence-corrected chi connectivity index (χ2v) is 27.9. The molecular formula is C76H93N3. The molecule has 0 radical (unpaired) electrons. The zero-order valence-electron chi connectivity index (χ0n) is 52.3. The van der Waals surface area contributed by atoms with Crippen LogP contribution in [0.15, 0.2) is 158 Å². The fourth-order valence-electron chi connectivity index (χ4n) is 11.6. The van der Waals surface area contributed by atoms with Crippen molar-refractivity contribution < 1.29 is 0 Å². The fourth-order valence-corrected chi connectivity index (χ4v) is 11.6. The molecule has 8 rings (SSSR count). The third-order valence-corrected chi connectivity index (χ3v) is 16.5. The highest BCUT2D eigenvalue weighted by Crippen LogP contribution is 2.47. The Kier molecular flexibility index (Phi) is 16.2. The van der Waals surface area contributed by atoms with Gasteiger partial charge in [-0.25, -0.2) is 0 Å². The van der Waals surface area contributed by atoms with Crippen LogP contribution in [0.25, 0.3) is 0 Å². The first-order chi connectivity index (χ1) is 36.8. The van der Waals surface area contributed by atoms with Gasteiger partial charge in [0.05, 0.1) is 17.1 Å². The lowest BCUT2D eigenvalue weighted by atomic mass is 9.78. The molecule has 0 unspecified atom stereocenters. The van der Waals surface area contributed by atoms with Crippen LogP contribution in [0.2, 0.25) is 0 Å². The molecule has 0 amide bonds. The van der Waals surface area contributed by atoms with E-state index in [2.05, 4.69) is 318 Å². The van der Waals surface area contributed by atoms with Gasteiger partial charge in [-0.15, -0.1) is 0 Å². The van der Waals surface area contributed by atoms with Gasteiger partial charge in [0.15, 0.2) is 0 Å². The second kappa shape index (κ2) is 22.0. The van der Waals surface area contributed by atoms with Crippen molar-refractivity contribution in [3.8, 4) is 0 Å². The molecule has 0 fully saturated rings. The minimum Gasteiger partial charge on any atom is -0.310 e. The third-order valence-electron chi connectivity index (χ3n) is 16.5. The molecule has 8 aromatic rings. The van der Waals surface area contributed by atoms with E-state index in [0.29, 0.717) is 0 Å². The SMILES string of the molecule is Cc1ccc(N(c2ccc(N(c3ccc(C(C)(C)C)cc3)c3c(C)cc(C(C)(C)CCc4cc(C)c(N(c5ccc(C(C)(C)C)cc5)c5ccc(C(C)(C)C)cc5)c(C)c4)cc3C)cc2)c2c(C)cc(C(C)(C)C)cc2C)cc1. The molecule has 0 N–H and O–H groups in total. The largest absolute Gasteiger partial charge is 0.310 e. The molecule has 3 nitrogen and oxygen atoms in total. The van der Waals surface area contributed by atoms with Crippen molar-refractivity contribution in [1.82, 2.24) is 0 Å². The summed E-state index contributed by atoms with van der Waals surface area (Å²) in [7, 11) is 0. The van der Waals surface area contributed by atoms with Gasteiger partial charge in [0.25, 0.3) is 0 Å². The zero-order chi connectivity index (χ0) is 57.7. The first kappa shape index (κ1) is 58.3. The molecule has 0 saturated heterocycles. The average molecular weight is 1050 g/mol. The topological polar surface area (TPSA) is 9.72 Å². The van der Waals surface area contributed by atoms with Crippen LogP contribution in [0, 0.1) is 48.5 Å². The molecule has 0 heterocycles. The number of nitrogens with zero attached hydrogens (tertiary/aromatic N) is 3. The van der Waals surface area contributed by atoms with Crippen LogP contribution in [0.3, 0.4) is 0 Å². The molecule has 3 heteroatoms. The summed E-state index contributed by atoms with van der Waals surface area (Å²) in [6.07, 6.45) is 2.00. The van der Waals surface area contributed by atoms with Crippen LogP contribution in [0.1, 0.15) is 176 Å². The predicted molar refractivity (Wildman–Crippen MR) is 346 cm³/mol. The molecule has 0 aliphatic rings. The lowest BCUT2D eigenvalue weighted by Crippen LogP contribution is -2.20. The number of hydrogen-bond acceptors (Lipinski definition) is 3. The van der Waals surface area contributed by atoms with Crippen LogP contribution in [0.4, 0.5) is 51.2 Å². The van der Waals surface area contributed by atoms with E-state index in [4.69, 9.17) is 0 Å². The minimum absolute atomic E-state index is 0.0441. The van der Waals surface area contributed by atoms with E-state index in [1.54, 1.807) is 0 Å². The molecule has 0 aromatic heterocycles. The summed E-state index contributed by atoms with van der Waals surface area (Å²) in [5.41, 5.74) is 27.8. The minimum atomic E-state index is -0.0776. The first-order valence-corrected chi connectivity index (χ1v) is 29.0. The van der Waals surface area contributed by atoms with Gasteiger partial charge in [-0.3, -0.25) is 0 Å². The van der Waals surface area contributed by atoms with Crippen LogP contribution in [-0.2, 0) is 33.5 Å². The van der Waals surface area contributed by atoms with Crippen molar-refractivity contribution in [1.29, 1.82) is 0 Å². The van der Waals surface area contributed by atoms with E-state index in [0.717, 1.165) is 35.6 Å². The Bertz CT molecular complexity index is 3290. The van der Waals surface area contributed by atoms with Crippen molar-refractivity contribution in [2.75, 3.05) is 14.7 Å². The summed E-state index contributed by atoms with van der Waals surface area (Å²) in [6.45, 7) is 48.3. The van der Waals surface area contributed by atoms with E-state index in [1.165, 1.54) is 101 Å². The molecule has 0 spiro atoms. The highest BCUT2D eigenvalue weighted by atomic mass is 15.2. The smallest absolute Gasteiger partial charge is 0.0520 e. The molecule has 0 aliphatic carbocycles. The lowest BCUT2D eigenvalue weighted by molar-refractivity contribution is 0.479. The van der Waals surface area contributed by atoms with Gasteiger partial charge >= 0.3 is 0 Å². The Hall–Kier alpha value is -6.84. The molecule has 0 bridgehead atoms. The number of hydrogen-bond donors (Lipinski definition) is 0. The maximum Gasteiger partial charge on any atom is 0.0520 e. The standard InChI is InChI=1S/C76H93N3/c1-50-22-30-63(31-23-50)77(70-53(4)46-61(47-54(70)5)75(17,18)19)67-38-40-68(41-39-67)79(66-36-28-60(29-37-66)74(14,15)16)71-55(6)48-62(49-56(71)7)76(20,21)43-42-57-44-51(2)69(52(3)45-57)78(64-32-24-58(25-33-64)72(8,9)10)65-34-26-59(27-35-65)73(11,12)13/h22-41,44-49H,42-43H2,1-21H3. The summed E-state index contributed by atoms with van der Waals surface area (Å²) in [6, 6.07) is 60.5. The van der Waals surface area contributed by atoms with Gasteiger partial charge in [0.1, 0.15) is 0 Å².